The predicted octanol–water partition coefficient (Wildman–Crippen LogP) is 3.94. The van der Waals surface area contributed by atoms with Crippen molar-refractivity contribution in [1.82, 2.24) is 5.32 Å². The summed E-state index contributed by atoms with van der Waals surface area (Å²) in [5, 5.41) is 15.0. The maximum atomic E-state index is 12.2. The molecule has 0 saturated heterocycles. The van der Waals surface area contributed by atoms with Crippen molar-refractivity contribution in [3.63, 3.8) is 0 Å². The lowest BCUT2D eigenvalue weighted by Crippen LogP contribution is -2.27. The van der Waals surface area contributed by atoms with Gasteiger partial charge in [0.2, 0.25) is 0 Å². The molecule has 2 aromatic carbocycles. The van der Waals surface area contributed by atoms with Gasteiger partial charge in [-0.3, -0.25) is 4.79 Å². The molecule has 0 unspecified atom stereocenters. The van der Waals surface area contributed by atoms with Crippen LogP contribution in [0.15, 0.2) is 58.7 Å². The summed E-state index contributed by atoms with van der Waals surface area (Å²) in [4.78, 5) is 12.2. The monoisotopic (exact) mass is 413 g/mol. The van der Waals surface area contributed by atoms with Crippen molar-refractivity contribution in [2.75, 3.05) is 19.0 Å². The Kier molecular flexibility index (Phi) is 7.24. The third-order valence-electron chi connectivity index (χ3n) is 3.78. The van der Waals surface area contributed by atoms with Gasteiger partial charge in [0.1, 0.15) is 17.4 Å². The second-order valence-electron chi connectivity index (χ2n) is 5.63. The number of ether oxygens (including phenoxy) is 1. The first-order valence-corrected chi connectivity index (χ1v) is 8.87. The van der Waals surface area contributed by atoms with Crippen LogP contribution in [0.5, 0.6) is 5.75 Å². The summed E-state index contributed by atoms with van der Waals surface area (Å²) < 4.78 is 6.09. The number of methoxy groups -OCH3 is 1. The largest absolute Gasteiger partial charge is 0.497 e. The van der Waals surface area contributed by atoms with Crippen LogP contribution in [-0.4, -0.2) is 19.6 Å². The van der Waals surface area contributed by atoms with Crippen LogP contribution in [0.3, 0.4) is 0 Å². The molecule has 0 saturated carbocycles. The molecule has 0 spiro atoms. The molecule has 0 atom stereocenters. The number of benzene rings is 2. The van der Waals surface area contributed by atoms with Crippen molar-refractivity contribution in [1.29, 1.82) is 5.26 Å². The highest BCUT2D eigenvalue weighted by Gasteiger charge is 2.08. The maximum absolute atomic E-state index is 12.2. The highest BCUT2D eigenvalue weighted by molar-refractivity contribution is 9.10. The van der Waals surface area contributed by atoms with Gasteiger partial charge in [0, 0.05) is 22.9 Å². The molecule has 2 rings (SSSR count). The molecule has 6 heteroatoms. The SMILES string of the molecule is COc1ccc(CCNC(=O)/C(C#N)=C\Nc2ccc(Br)cc2C)cc1. The number of amides is 1. The molecular formula is C20H20BrN3O2. The minimum atomic E-state index is -0.400. The van der Waals surface area contributed by atoms with E-state index < -0.39 is 5.91 Å². The number of anilines is 1. The van der Waals surface area contributed by atoms with Crippen LogP contribution in [0.2, 0.25) is 0 Å². The molecule has 0 heterocycles. The second kappa shape index (κ2) is 9.64. The summed E-state index contributed by atoms with van der Waals surface area (Å²) in [6.45, 7) is 2.39. The van der Waals surface area contributed by atoms with Crippen molar-refractivity contribution < 1.29 is 9.53 Å². The van der Waals surface area contributed by atoms with E-state index in [1.807, 2.05) is 55.5 Å². The minimum absolute atomic E-state index is 0.0297. The van der Waals surface area contributed by atoms with Crippen LogP contribution >= 0.6 is 15.9 Å². The van der Waals surface area contributed by atoms with Gasteiger partial charge in [-0.2, -0.15) is 5.26 Å². The zero-order valence-corrected chi connectivity index (χ0v) is 16.3. The number of hydrogen-bond donors (Lipinski definition) is 2. The summed E-state index contributed by atoms with van der Waals surface area (Å²) >= 11 is 3.40. The highest BCUT2D eigenvalue weighted by Crippen LogP contribution is 2.20. The Balaban J connectivity index is 1.90. The van der Waals surface area contributed by atoms with Crippen molar-refractivity contribution >= 4 is 27.5 Å². The zero-order valence-electron chi connectivity index (χ0n) is 14.7. The number of nitrogens with zero attached hydrogens (tertiary/aromatic N) is 1. The quantitative estimate of drug-likeness (QED) is 0.532. The van der Waals surface area contributed by atoms with Gasteiger partial charge < -0.3 is 15.4 Å². The number of carbonyl (C=O) groups is 1. The fourth-order valence-corrected chi connectivity index (χ4v) is 2.77. The third-order valence-corrected chi connectivity index (χ3v) is 4.28. The third kappa shape index (κ3) is 5.64. The average Bonchev–Trinajstić information content (AvgIpc) is 2.64. The van der Waals surface area contributed by atoms with Crippen LogP contribution < -0.4 is 15.4 Å². The van der Waals surface area contributed by atoms with E-state index in [0.29, 0.717) is 13.0 Å². The Morgan fingerprint density at radius 3 is 2.62 bits per heavy atom. The Morgan fingerprint density at radius 2 is 2.00 bits per heavy atom. The molecule has 2 aromatic rings. The molecule has 0 radical (unpaired) electrons. The molecule has 0 aliphatic carbocycles. The first kappa shape index (κ1) is 19.5. The van der Waals surface area contributed by atoms with Gasteiger partial charge in [0.05, 0.1) is 7.11 Å². The van der Waals surface area contributed by atoms with Gasteiger partial charge in [-0.15, -0.1) is 0 Å². The molecule has 0 aliphatic rings. The molecule has 0 fully saturated rings. The normalized spacial score (nSPS) is 10.8. The molecular weight excluding hydrogens is 394 g/mol. The Morgan fingerprint density at radius 1 is 1.27 bits per heavy atom. The van der Waals surface area contributed by atoms with Crippen molar-refractivity contribution in [2.45, 2.75) is 13.3 Å². The Hall–Kier alpha value is -2.78. The van der Waals surface area contributed by atoms with E-state index in [2.05, 4.69) is 26.6 Å². The number of nitriles is 1. The predicted molar refractivity (Wildman–Crippen MR) is 106 cm³/mol. The summed E-state index contributed by atoms with van der Waals surface area (Å²) in [6.07, 6.45) is 2.10. The fourth-order valence-electron chi connectivity index (χ4n) is 2.30. The molecule has 5 nitrogen and oxygen atoms in total. The molecule has 0 aromatic heterocycles. The summed E-state index contributed by atoms with van der Waals surface area (Å²) in [5.41, 5.74) is 2.96. The summed E-state index contributed by atoms with van der Waals surface area (Å²) in [5.74, 6) is 0.394. The smallest absolute Gasteiger partial charge is 0.263 e. The molecule has 0 aliphatic heterocycles. The number of rotatable bonds is 7. The van der Waals surface area contributed by atoms with E-state index in [-0.39, 0.29) is 5.57 Å². The van der Waals surface area contributed by atoms with Crippen molar-refractivity contribution in [2.24, 2.45) is 0 Å². The maximum Gasteiger partial charge on any atom is 0.263 e. The van der Waals surface area contributed by atoms with Gasteiger partial charge in [0.15, 0.2) is 0 Å². The lowest BCUT2D eigenvalue weighted by atomic mass is 10.1. The van der Waals surface area contributed by atoms with Crippen LogP contribution in [-0.2, 0) is 11.2 Å². The van der Waals surface area contributed by atoms with E-state index in [9.17, 15) is 10.1 Å². The first-order chi connectivity index (χ1) is 12.5. The lowest BCUT2D eigenvalue weighted by molar-refractivity contribution is -0.117. The van der Waals surface area contributed by atoms with Crippen molar-refractivity contribution in [3.05, 3.63) is 69.8 Å². The number of carbonyl (C=O) groups excluding carboxylic acids is 1. The topological polar surface area (TPSA) is 74.1 Å². The van der Waals surface area contributed by atoms with Gasteiger partial charge in [-0.25, -0.2) is 0 Å². The lowest BCUT2D eigenvalue weighted by Gasteiger charge is -2.08. The van der Waals surface area contributed by atoms with Crippen LogP contribution in [0.1, 0.15) is 11.1 Å². The van der Waals surface area contributed by atoms with Gasteiger partial charge in [-0.05, 0) is 54.8 Å². The molecule has 2 N–H and O–H groups in total. The summed E-state index contributed by atoms with van der Waals surface area (Å²) in [7, 11) is 1.62. The first-order valence-electron chi connectivity index (χ1n) is 8.07. The number of aryl methyl sites for hydroxylation is 1. The van der Waals surface area contributed by atoms with Crippen LogP contribution in [0.25, 0.3) is 0 Å². The molecule has 0 bridgehead atoms. The van der Waals surface area contributed by atoms with E-state index in [1.54, 1.807) is 7.11 Å². The van der Waals surface area contributed by atoms with Crippen LogP contribution in [0, 0.1) is 18.3 Å². The van der Waals surface area contributed by atoms with E-state index in [0.717, 1.165) is 27.0 Å². The minimum Gasteiger partial charge on any atom is -0.497 e. The Labute approximate surface area is 161 Å². The van der Waals surface area contributed by atoms with Gasteiger partial charge in [0.25, 0.3) is 5.91 Å². The number of nitrogens with one attached hydrogen (secondary N) is 2. The molecule has 26 heavy (non-hydrogen) atoms. The van der Waals surface area contributed by atoms with Crippen LogP contribution in [0.4, 0.5) is 5.69 Å². The number of hydrogen-bond acceptors (Lipinski definition) is 4. The fraction of sp³-hybridized carbons (Fsp3) is 0.200. The molecule has 134 valence electrons. The van der Waals surface area contributed by atoms with Gasteiger partial charge in [-0.1, -0.05) is 28.1 Å². The van der Waals surface area contributed by atoms with Crippen molar-refractivity contribution in [3.8, 4) is 11.8 Å². The standard InChI is InChI=1S/C20H20BrN3O2/c1-14-11-17(21)5-8-19(14)24-13-16(12-22)20(25)23-10-9-15-3-6-18(26-2)7-4-15/h3-8,11,13,24H,9-10H2,1-2H3,(H,23,25)/b16-13-. The van der Waals surface area contributed by atoms with E-state index >= 15 is 0 Å². The second-order valence-corrected chi connectivity index (χ2v) is 6.54. The van der Waals surface area contributed by atoms with E-state index in [4.69, 9.17) is 4.74 Å². The highest BCUT2D eigenvalue weighted by atomic mass is 79.9. The van der Waals surface area contributed by atoms with Gasteiger partial charge >= 0.3 is 0 Å². The van der Waals surface area contributed by atoms with E-state index in [1.165, 1.54) is 6.20 Å². The number of halogens is 1. The average molecular weight is 414 g/mol. The molecule has 1 amide bonds. The Bertz CT molecular complexity index is 839. The summed E-state index contributed by atoms with van der Waals surface area (Å²) in [6, 6.07) is 15.3. The zero-order chi connectivity index (χ0) is 18.9.